The number of nitrogens with two attached hydrogens (primary N) is 1. The summed E-state index contributed by atoms with van der Waals surface area (Å²) in [4.78, 5) is 15.0. The average Bonchev–Trinajstić information content (AvgIpc) is 2.10. The zero-order chi connectivity index (χ0) is 10.9. The van der Waals surface area contributed by atoms with Crippen molar-refractivity contribution < 1.29 is 5.11 Å². The van der Waals surface area contributed by atoms with Crippen molar-refractivity contribution in [1.29, 1.82) is 0 Å². The molecule has 1 heterocycles. The molecule has 0 aromatic carbocycles. The Balaban J connectivity index is 3.23. The lowest BCUT2D eigenvalue weighted by molar-refractivity contribution is 0.167. The van der Waals surface area contributed by atoms with Gasteiger partial charge >= 0.3 is 5.69 Å². The number of hydrogen-bond donors (Lipinski definition) is 3. The molecule has 1 aromatic rings. The van der Waals surface area contributed by atoms with Crippen LogP contribution >= 0.6 is 12.6 Å². The molecule has 0 spiro atoms. The molecule has 0 amide bonds. The molecule has 0 aliphatic rings. The monoisotopic (exact) mass is 215 g/mol. The number of aliphatic hydroxyl groups excluding tert-OH is 1. The van der Waals surface area contributed by atoms with Crippen LogP contribution in [-0.4, -0.2) is 20.8 Å². The van der Waals surface area contributed by atoms with E-state index in [2.05, 4.69) is 17.6 Å². The van der Waals surface area contributed by atoms with E-state index in [1.54, 1.807) is 13.8 Å². The van der Waals surface area contributed by atoms with Crippen molar-refractivity contribution in [2.24, 2.45) is 0 Å². The van der Waals surface area contributed by atoms with E-state index in [0.29, 0.717) is 5.56 Å². The Hall–Kier alpha value is -1.01. The minimum atomic E-state index is -0.735. The summed E-state index contributed by atoms with van der Waals surface area (Å²) < 4.78 is 1.25. The number of anilines is 1. The van der Waals surface area contributed by atoms with Gasteiger partial charge < -0.3 is 10.8 Å². The molecular weight excluding hydrogens is 202 g/mol. The normalized spacial score (nSPS) is 15.1. The maximum Gasteiger partial charge on any atom is 0.350 e. The first kappa shape index (κ1) is 11.1. The van der Waals surface area contributed by atoms with Crippen LogP contribution in [0.4, 0.5) is 5.82 Å². The molecule has 14 heavy (non-hydrogen) atoms. The number of aromatic nitrogens is 2. The predicted octanol–water partition coefficient (Wildman–Crippen LogP) is -0.0569. The van der Waals surface area contributed by atoms with E-state index in [0.717, 1.165) is 0 Å². The van der Waals surface area contributed by atoms with Crippen molar-refractivity contribution in [2.45, 2.75) is 25.3 Å². The lowest BCUT2D eigenvalue weighted by Gasteiger charge is -2.17. The van der Waals surface area contributed by atoms with Crippen LogP contribution < -0.4 is 11.4 Å². The van der Waals surface area contributed by atoms with Gasteiger partial charge in [-0.15, -0.1) is 0 Å². The Morgan fingerprint density at radius 1 is 1.71 bits per heavy atom. The Bertz CT molecular complexity index is 389. The molecule has 1 rings (SSSR count). The van der Waals surface area contributed by atoms with Gasteiger partial charge in [0.1, 0.15) is 11.2 Å². The van der Waals surface area contributed by atoms with Gasteiger partial charge in [0.05, 0.1) is 6.10 Å². The smallest absolute Gasteiger partial charge is 0.350 e. The van der Waals surface area contributed by atoms with Gasteiger partial charge in [-0.05, 0) is 13.8 Å². The lowest BCUT2D eigenvalue weighted by atomic mass is 10.3. The standard InChI is InChI=1S/C8H13N3O2S/c1-4-3-11(7(14)5(2)12)8(13)10-6(4)9/h3,5,7,12,14H,1-2H3,(H2,9,10,13). The van der Waals surface area contributed by atoms with E-state index < -0.39 is 17.2 Å². The fourth-order valence-corrected chi connectivity index (χ4v) is 1.17. The zero-order valence-corrected chi connectivity index (χ0v) is 8.90. The Kier molecular flexibility index (Phi) is 3.17. The number of thiol groups is 1. The molecule has 0 radical (unpaired) electrons. The third kappa shape index (κ3) is 2.08. The second-order valence-corrected chi connectivity index (χ2v) is 3.68. The van der Waals surface area contributed by atoms with Crippen molar-refractivity contribution in [2.75, 3.05) is 5.73 Å². The number of aryl methyl sites for hydroxylation is 1. The van der Waals surface area contributed by atoms with Gasteiger partial charge in [-0.3, -0.25) is 4.57 Å². The van der Waals surface area contributed by atoms with Gasteiger partial charge in [0, 0.05) is 11.8 Å². The molecule has 5 nitrogen and oxygen atoms in total. The van der Waals surface area contributed by atoms with E-state index in [1.807, 2.05) is 0 Å². The van der Waals surface area contributed by atoms with Crippen LogP contribution in [0.1, 0.15) is 17.9 Å². The summed E-state index contributed by atoms with van der Waals surface area (Å²) in [6.07, 6.45) is 0.801. The molecule has 78 valence electrons. The van der Waals surface area contributed by atoms with Gasteiger partial charge in [0.15, 0.2) is 0 Å². The summed E-state index contributed by atoms with van der Waals surface area (Å²) in [6.45, 7) is 3.29. The van der Waals surface area contributed by atoms with Crippen LogP contribution in [0.3, 0.4) is 0 Å². The van der Waals surface area contributed by atoms with Gasteiger partial charge in [-0.25, -0.2) is 4.79 Å². The molecule has 0 saturated heterocycles. The number of nitrogen functional groups attached to an aromatic ring is 1. The van der Waals surface area contributed by atoms with Crippen molar-refractivity contribution in [3.63, 3.8) is 0 Å². The highest BCUT2D eigenvalue weighted by Gasteiger charge is 2.14. The zero-order valence-electron chi connectivity index (χ0n) is 8.01. The molecule has 0 aliphatic carbocycles. The third-order valence-corrected chi connectivity index (χ3v) is 2.57. The first-order valence-electron chi connectivity index (χ1n) is 4.15. The Morgan fingerprint density at radius 3 is 2.79 bits per heavy atom. The minimum absolute atomic E-state index is 0.206. The Labute approximate surface area is 87.0 Å². The van der Waals surface area contributed by atoms with E-state index in [-0.39, 0.29) is 5.82 Å². The second-order valence-electron chi connectivity index (χ2n) is 3.15. The van der Waals surface area contributed by atoms with Crippen LogP contribution in [-0.2, 0) is 0 Å². The minimum Gasteiger partial charge on any atom is -0.390 e. The molecule has 0 saturated carbocycles. The lowest BCUT2D eigenvalue weighted by Crippen LogP contribution is -2.30. The maximum atomic E-state index is 11.4. The molecule has 0 aliphatic heterocycles. The fourth-order valence-electron chi connectivity index (χ4n) is 1.00. The molecule has 0 bridgehead atoms. The van der Waals surface area contributed by atoms with Gasteiger partial charge in [0.25, 0.3) is 0 Å². The molecule has 3 N–H and O–H groups in total. The van der Waals surface area contributed by atoms with Crippen molar-refractivity contribution in [1.82, 2.24) is 9.55 Å². The Morgan fingerprint density at radius 2 is 2.29 bits per heavy atom. The summed E-state index contributed by atoms with van der Waals surface area (Å²) in [6, 6.07) is 0. The quantitative estimate of drug-likeness (QED) is 0.604. The first-order chi connectivity index (χ1) is 6.43. The highest BCUT2D eigenvalue weighted by Crippen LogP contribution is 2.15. The molecule has 6 heteroatoms. The van der Waals surface area contributed by atoms with E-state index >= 15 is 0 Å². The number of rotatable bonds is 2. The fraction of sp³-hybridized carbons (Fsp3) is 0.500. The molecule has 1 aromatic heterocycles. The number of aliphatic hydroxyl groups is 1. The molecular formula is C8H13N3O2S. The van der Waals surface area contributed by atoms with E-state index in [1.165, 1.54) is 10.8 Å². The van der Waals surface area contributed by atoms with E-state index in [9.17, 15) is 9.90 Å². The van der Waals surface area contributed by atoms with Crippen molar-refractivity contribution in [3.8, 4) is 0 Å². The predicted molar refractivity (Wildman–Crippen MR) is 57.4 cm³/mol. The molecule has 2 atom stereocenters. The highest BCUT2D eigenvalue weighted by molar-refractivity contribution is 7.80. The largest absolute Gasteiger partial charge is 0.390 e. The van der Waals surface area contributed by atoms with Crippen molar-refractivity contribution in [3.05, 3.63) is 22.2 Å². The molecule has 2 unspecified atom stereocenters. The van der Waals surface area contributed by atoms with Gasteiger partial charge in [-0.2, -0.15) is 17.6 Å². The third-order valence-electron chi connectivity index (χ3n) is 1.89. The average molecular weight is 215 g/mol. The van der Waals surface area contributed by atoms with Crippen LogP contribution in [0.25, 0.3) is 0 Å². The summed E-state index contributed by atoms with van der Waals surface area (Å²) in [5.41, 5.74) is 5.63. The van der Waals surface area contributed by atoms with E-state index in [4.69, 9.17) is 5.73 Å². The van der Waals surface area contributed by atoms with Crippen LogP contribution in [0, 0.1) is 6.92 Å². The molecule has 0 fully saturated rings. The number of nitrogens with zero attached hydrogens (tertiary/aromatic N) is 2. The summed E-state index contributed by atoms with van der Waals surface area (Å²) in [5, 5.41) is 8.66. The van der Waals surface area contributed by atoms with Crippen LogP contribution in [0.2, 0.25) is 0 Å². The summed E-state index contributed by atoms with van der Waals surface area (Å²) in [5.74, 6) is 0.206. The van der Waals surface area contributed by atoms with Crippen LogP contribution in [0.5, 0.6) is 0 Å². The number of hydrogen-bond acceptors (Lipinski definition) is 5. The van der Waals surface area contributed by atoms with Gasteiger partial charge in [-0.1, -0.05) is 0 Å². The van der Waals surface area contributed by atoms with Gasteiger partial charge in [0.2, 0.25) is 0 Å². The maximum absolute atomic E-state index is 11.4. The summed E-state index contributed by atoms with van der Waals surface area (Å²) >= 11 is 4.10. The highest BCUT2D eigenvalue weighted by atomic mass is 32.1. The SMILES string of the molecule is Cc1cn(C(S)C(C)O)c(=O)nc1N. The topological polar surface area (TPSA) is 81.1 Å². The van der Waals surface area contributed by atoms with Crippen LogP contribution in [0.15, 0.2) is 11.0 Å². The second kappa shape index (κ2) is 4.02. The first-order valence-corrected chi connectivity index (χ1v) is 4.66. The van der Waals surface area contributed by atoms with Crippen molar-refractivity contribution >= 4 is 18.4 Å². The summed E-state index contributed by atoms with van der Waals surface area (Å²) in [7, 11) is 0.